The lowest BCUT2D eigenvalue weighted by Gasteiger charge is -2.23. The monoisotopic (exact) mass is 274 g/mol. The SMILES string of the molecule is CNc1cncc([C@@H]2CCCN2Cc2ccsc2)n1. The largest absolute Gasteiger partial charge is 0.372 e. The zero-order valence-corrected chi connectivity index (χ0v) is 11.9. The maximum atomic E-state index is 4.64. The summed E-state index contributed by atoms with van der Waals surface area (Å²) < 4.78 is 0. The first kappa shape index (κ1) is 12.6. The van der Waals surface area contributed by atoms with Crippen molar-refractivity contribution in [3.8, 4) is 0 Å². The van der Waals surface area contributed by atoms with Crippen LogP contribution in [0.4, 0.5) is 5.82 Å². The number of rotatable bonds is 4. The molecule has 4 nitrogen and oxygen atoms in total. The third kappa shape index (κ3) is 2.77. The normalized spacial score (nSPS) is 19.7. The van der Waals surface area contributed by atoms with Crippen LogP contribution in [-0.2, 0) is 6.54 Å². The Balaban J connectivity index is 1.78. The van der Waals surface area contributed by atoms with Gasteiger partial charge in [0.15, 0.2) is 0 Å². The molecule has 100 valence electrons. The number of hydrogen-bond donors (Lipinski definition) is 1. The average molecular weight is 274 g/mol. The van der Waals surface area contributed by atoms with Crippen molar-refractivity contribution >= 4 is 17.2 Å². The minimum absolute atomic E-state index is 0.403. The van der Waals surface area contributed by atoms with E-state index < -0.39 is 0 Å². The number of nitrogens with one attached hydrogen (secondary N) is 1. The third-order valence-electron chi connectivity index (χ3n) is 3.58. The third-order valence-corrected chi connectivity index (χ3v) is 4.31. The number of aromatic nitrogens is 2. The Morgan fingerprint density at radius 3 is 3.21 bits per heavy atom. The molecule has 1 atom stereocenters. The first-order chi connectivity index (χ1) is 9.36. The second-order valence-electron chi connectivity index (χ2n) is 4.84. The Morgan fingerprint density at radius 1 is 1.47 bits per heavy atom. The van der Waals surface area contributed by atoms with Crippen LogP contribution in [0.3, 0.4) is 0 Å². The molecule has 1 aliphatic rings. The molecule has 5 heteroatoms. The van der Waals surface area contributed by atoms with Crippen LogP contribution in [0.2, 0.25) is 0 Å². The lowest BCUT2D eigenvalue weighted by atomic mass is 10.1. The molecule has 0 aromatic carbocycles. The van der Waals surface area contributed by atoms with Gasteiger partial charge in [0.2, 0.25) is 0 Å². The molecule has 3 rings (SSSR count). The number of thiophene rings is 1. The minimum Gasteiger partial charge on any atom is -0.372 e. The van der Waals surface area contributed by atoms with Crippen LogP contribution in [0, 0.1) is 0 Å². The molecular formula is C14H18N4S. The van der Waals surface area contributed by atoms with Crippen LogP contribution in [-0.4, -0.2) is 28.5 Å². The summed E-state index contributed by atoms with van der Waals surface area (Å²) in [5.74, 6) is 0.847. The van der Waals surface area contributed by atoms with Crippen molar-refractivity contribution in [1.29, 1.82) is 0 Å². The first-order valence-electron chi connectivity index (χ1n) is 6.61. The summed E-state index contributed by atoms with van der Waals surface area (Å²) in [6.07, 6.45) is 6.07. The molecule has 0 amide bonds. The van der Waals surface area contributed by atoms with E-state index in [0.29, 0.717) is 6.04 Å². The van der Waals surface area contributed by atoms with Crippen molar-refractivity contribution in [2.45, 2.75) is 25.4 Å². The van der Waals surface area contributed by atoms with Crippen molar-refractivity contribution in [3.63, 3.8) is 0 Å². The fourth-order valence-corrected chi connectivity index (χ4v) is 3.29. The summed E-state index contributed by atoms with van der Waals surface area (Å²) >= 11 is 1.76. The Bertz CT molecular complexity index is 526. The lowest BCUT2D eigenvalue weighted by Crippen LogP contribution is -2.23. The van der Waals surface area contributed by atoms with E-state index in [0.717, 1.165) is 24.6 Å². The Labute approximate surface area is 117 Å². The summed E-state index contributed by atoms with van der Waals surface area (Å²) in [5.41, 5.74) is 2.48. The maximum Gasteiger partial charge on any atom is 0.144 e. The van der Waals surface area contributed by atoms with Crippen LogP contribution in [0.15, 0.2) is 29.2 Å². The van der Waals surface area contributed by atoms with E-state index >= 15 is 0 Å². The van der Waals surface area contributed by atoms with E-state index in [9.17, 15) is 0 Å². The van der Waals surface area contributed by atoms with Crippen molar-refractivity contribution in [2.75, 3.05) is 18.9 Å². The molecule has 1 fully saturated rings. The van der Waals surface area contributed by atoms with Crippen molar-refractivity contribution in [3.05, 3.63) is 40.5 Å². The molecule has 2 aromatic rings. The van der Waals surface area contributed by atoms with Gasteiger partial charge in [-0.2, -0.15) is 11.3 Å². The molecule has 1 N–H and O–H groups in total. The number of likely N-dealkylation sites (tertiary alicyclic amines) is 1. The van der Waals surface area contributed by atoms with Gasteiger partial charge >= 0.3 is 0 Å². The van der Waals surface area contributed by atoms with Gasteiger partial charge in [-0.15, -0.1) is 0 Å². The van der Waals surface area contributed by atoms with Crippen molar-refractivity contribution in [1.82, 2.24) is 14.9 Å². The van der Waals surface area contributed by atoms with Crippen LogP contribution >= 0.6 is 11.3 Å². The van der Waals surface area contributed by atoms with Crippen LogP contribution in [0.5, 0.6) is 0 Å². The van der Waals surface area contributed by atoms with Gasteiger partial charge in [-0.25, -0.2) is 4.98 Å². The summed E-state index contributed by atoms with van der Waals surface area (Å²) in [6, 6.07) is 2.61. The molecule has 0 radical (unpaired) electrons. The topological polar surface area (TPSA) is 41.1 Å². The molecule has 2 aromatic heterocycles. The highest BCUT2D eigenvalue weighted by atomic mass is 32.1. The minimum atomic E-state index is 0.403. The smallest absolute Gasteiger partial charge is 0.144 e. The molecule has 0 unspecified atom stereocenters. The van der Waals surface area contributed by atoms with Gasteiger partial charge in [0.1, 0.15) is 5.82 Å². The van der Waals surface area contributed by atoms with E-state index in [4.69, 9.17) is 0 Å². The zero-order valence-electron chi connectivity index (χ0n) is 11.0. The molecule has 19 heavy (non-hydrogen) atoms. The Hall–Kier alpha value is -1.46. The summed E-state index contributed by atoms with van der Waals surface area (Å²) in [4.78, 5) is 11.4. The van der Waals surface area contributed by atoms with Gasteiger partial charge in [-0.3, -0.25) is 9.88 Å². The quantitative estimate of drug-likeness (QED) is 0.930. The number of hydrogen-bond acceptors (Lipinski definition) is 5. The van der Waals surface area contributed by atoms with Gasteiger partial charge in [-0.1, -0.05) is 0 Å². The standard InChI is InChI=1S/C14H18N4S/c1-15-14-8-16-7-12(17-14)13-3-2-5-18(13)9-11-4-6-19-10-11/h4,6-8,10,13H,2-3,5,9H2,1H3,(H,15,17)/t13-/m0/s1. The highest BCUT2D eigenvalue weighted by molar-refractivity contribution is 7.07. The van der Waals surface area contributed by atoms with Gasteiger partial charge in [-0.05, 0) is 41.8 Å². The fraction of sp³-hybridized carbons (Fsp3) is 0.429. The predicted octanol–water partition coefficient (Wildman–Crippen LogP) is 2.92. The summed E-state index contributed by atoms with van der Waals surface area (Å²) in [5, 5.41) is 7.43. The number of anilines is 1. The highest BCUT2D eigenvalue weighted by Crippen LogP contribution is 2.32. The van der Waals surface area contributed by atoms with E-state index in [1.54, 1.807) is 17.5 Å². The Morgan fingerprint density at radius 2 is 2.42 bits per heavy atom. The van der Waals surface area contributed by atoms with Crippen molar-refractivity contribution < 1.29 is 0 Å². The molecular weight excluding hydrogens is 256 g/mol. The van der Waals surface area contributed by atoms with E-state index in [2.05, 4.69) is 37.0 Å². The Kier molecular flexibility index (Phi) is 3.75. The first-order valence-corrected chi connectivity index (χ1v) is 7.56. The second kappa shape index (κ2) is 5.67. The number of nitrogens with zero attached hydrogens (tertiary/aromatic N) is 3. The average Bonchev–Trinajstić information content (AvgIpc) is 3.11. The van der Waals surface area contributed by atoms with E-state index in [-0.39, 0.29) is 0 Å². The molecule has 0 bridgehead atoms. The molecule has 0 saturated carbocycles. The predicted molar refractivity (Wildman–Crippen MR) is 78.3 cm³/mol. The molecule has 0 aliphatic carbocycles. The molecule has 1 aliphatic heterocycles. The van der Waals surface area contributed by atoms with Crippen LogP contribution < -0.4 is 5.32 Å². The van der Waals surface area contributed by atoms with E-state index in [1.165, 1.54) is 18.4 Å². The maximum absolute atomic E-state index is 4.64. The highest BCUT2D eigenvalue weighted by Gasteiger charge is 2.27. The summed E-state index contributed by atoms with van der Waals surface area (Å²) in [6.45, 7) is 2.16. The van der Waals surface area contributed by atoms with Gasteiger partial charge in [0.25, 0.3) is 0 Å². The molecule has 3 heterocycles. The van der Waals surface area contributed by atoms with Crippen LogP contribution in [0.25, 0.3) is 0 Å². The lowest BCUT2D eigenvalue weighted by molar-refractivity contribution is 0.244. The van der Waals surface area contributed by atoms with Crippen molar-refractivity contribution in [2.24, 2.45) is 0 Å². The fourth-order valence-electron chi connectivity index (χ4n) is 2.63. The van der Waals surface area contributed by atoms with Gasteiger partial charge in [0.05, 0.1) is 24.1 Å². The zero-order chi connectivity index (χ0) is 13.1. The molecule has 0 spiro atoms. The molecule has 1 saturated heterocycles. The van der Waals surface area contributed by atoms with Gasteiger partial charge in [0, 0.05) is 13.6 Å². The van der Waals surface area contributed by atoms with Gasteiger partial charge < -0.3 is 5.32 Å². The van der Waals surface area contributed by atoms with Crippen LogP contribution in [0.1, 0.15) is 30.1 Å². The summed E-state index contributed by atoms with van der Waals surface area (Å²) in [7, 11) is 1.88. The van der Waals surface area contributed by atoms with E-state index in [1.807, 2.05) is 13.2 Å². The second-order valence-corrected chi connectivity index (χ2v) is 5.62.